The van der Waals surface area contributed by atoms with Gasteiger partial charge < -0.3 is 14.2 Å². The summed E-state index contributed by atoms with van der Waals surface area (Å²) in [6, 6.07) is 14.5. The Labute approximate surface area is 211 Å². The molecular weight excluding hydrogens is 497 g/mol. The van der Waals surface area contributed by atoms with Gasteiger partial charge in [-0.3, -0.25) is 14.9 Å². The van der Waals surface area contributed by atoms with E-state index in [9.17, 15) is 14.9 Å². The van der Waals surface area contributed by atoms with Crippen molar-refractivity contribution < 1.29 is 23.9 Å². The zero-order chi connectivity index (χ0) is 25.4. The molecular formula is C24H21Cl2N3O6. The minimum Gasteiger partial charge on any atom is -0.496 e. The van der Waals surface area contributed by atoms with Crippen LogP contribution < -0.4 is 19.6 Å². The number of nitro groups is 1. The number of halogens is 2. The lowest BCUT2D eigenvalue weighted by molar-refractivity contribution is -0.385. The van der Waals surface area contributed by atoms with Crippen molar-refractivity contribution in [2.75, 3.05) is 13.7 Å². The number of hydrogen-bond donors (Lipinski definition) is 1. The van der Waals surface area contributed by atoms with E-state index in [4.69, 9.17) is 37.4 Å². The van der Waals surface area contributed by atoms with E-state index in [1.165, 1.54) is 31.5 Å². The predicted molar refractivity (Wildman–Crippen MR) is 133 cm³/mol. The van der Waals surface area contributed by atoms with Crippen molar-refractivity contribution in [3.63, 3.8) is 0 Å². The largest absolute Gasteiger partial charge is 0.496 e. The molecule has 182 valence electrons. The van der Waals surface area contributed by atoms with Gasteiger partial charge in [-0.1, -0.05) is 23.2 Å². The van der Waals surface area contributed by atoms with Crippen LogP contribution in [0.5, 0.6) is 17.2 Å². The molecule has 3 aromatic rings. The molecule has 35 heavy (non-hydrogen) atoms. The van der Waals surface area contributed by atoms with Gasteiger partial charge in [0.15, 0.2) is 6.61 Å². The third-order valence-electron chi connectivity index (χ3n) is 4.72. The number of amides is 1. The molecule has 3 rings (SSSR count). The minimum absolute atomic E-state index is 0.0249. The number of rotatable bonds is 10. The fraction of sp³-hybridized carbons (Fsp3) is 0.167. The lowest BCUT2D eigenvalue weighted by Crippen LogP contribution is -2.24. The first kappa shape index (κ1) is 25.8. The molecule has 0 atom stereocenters. The van der Waals surface area contributed by atoms with Gasteiger partial charge in [0, 0.05) is 22.2 Å². The number of benzene rings is 3. The molecule has 1 N–H and O–H groups in total. The van der Waals surface area contributed by atoms with Crippen molar-refractivity contribution in [2.45, 2.75) is 13.5 Å². The van der Waals surface area contributed by atoms with Crippen molar-refractivity contribution in [1.82, 2.24) is 5.43 Å². The van der Waals surface area contributed by atoms with Crippen molar-refractivity contribution in [3.05, 3.63) is 91.4 Å². The second kappa shape index (κ2) is 12.0. The van der Waals surface area contributed by atoms with E-state index < -0.39 is 10.8 Å². The first-order chi connectivity index (χ1) is 16.8. The molecule has 0 aliphatic rings. The van der Waals surface area contributed by atoms with Crippen LogP contribution in [0.3, 0.4) is 0 Å². The van der Waals surface area contributed by atoms with E-state index in [0.29, 0.717) is 38.4 Å². The van der Waals surface area contributed by atoms with E-state index >= 15 is 0 Å². The smallest absolute Gasteiger partial charge is 0.277 e. The van der Waals surface area contributed by atoms with Gasteiger partial charge in [0.05, 0.1) is 23.3 Å². The predicted octanol–water partition coefficient (Wildman–Crippen LogP) is 5.33. The standard InChI is InChI=1S/C24H21Cl2N3O6/c1-15-9-19(5-6-21(15)29(31)32)34-13-17-10-16(3-7-22(17)33-2)12-27-28-24(30)14-35-23-8-4-18(25)11-20(23)26/h3-12H,13-14H2,1-2H3,(H,28,30)/b27-12+. The summed E-state index contributed by atoms with van der Waals surface area (Å²) in [5.74, 6) is 0.941. The molecule has 11 heteroatoms. The number of nitrogens with zero attached hydrogens (tertiary/aromatic N) is 2. The normalized spacial score (nSPS) is 10.7. The molecule has 0 unspecified atom stereocenters. The van der Waals surface area contributed by atoms with Gasteiger partial charge >= 0.3 is 0 Å². The fourth-order valence-electron chi connectivity index (χ4n) is 3.02. The molecule has 0 aliphatic carbocycles. The van der Waals surface area contributed by atoms with Gasteiger partial charge in [0.2, 0.25) is 0 Å². The van der Waals surface area contributed by atoms with Crippen molar-refractivity contribution in [1.29, 1.82) is 0 Å². The van der Waals surface area contributed by atoms with Crippen molar-refractivity contribution in [2.24, 2.45) is 5.10 Å². The molecule has 9 nitrogen and oxygen atoms in total. The van der Waals surface area contributed by atoms with E-state index in [1.54, 1.807) is 43.3 Å². The van der Waals surface area contributed by atoms with Gasteiger partial charge in [0.25, 0.3) is 11.6 Å². The third kappa shape index (κ3) is 7.33. The number of hydrazone groups is 1. The summed E-state index contributed by atoms with van der Waals surface area (Å²) < 4.78 is 16.5. The number of aryl methyl sites for hydroxylation is 1. The highest BCUT2D eigenvalue weighted by molar-refractivity contribution is 6.35. The number of nitrogens with one attached hydrogen (secondary N) is 1. The first-order valence-corrected chi connectivity index (χ1v) is 11.0. The number of hydrogen-bond acceptors (Lipinski definition) is 7. The van der Waals surface area contributed by atoms with Gasteiger partial charge in [-0.05, 0) is 61.0 Å². The molecule has 1 amide bonds. The summed E-state index contributed by atoms with van der Waals surface area (Å²) in [6.07, 6.45) is 1.46. The van der Waals surface area contributed by atoms with Gasteiger partial charge in [-0.2, -0.15) is 5.10 Å². The average molecular weight is 518 g/mol. The lowest BCUT2D eigenvalue weighted by Gasteiger charge is -2.11. The molecule has 0 radical (unpaired) electrons. The van der Waals surface area contributed by atoms with E-state index in [2.05, 4.69) is 10.5 Å². The Kier molecular flexibility index (Phi) is 8.88. The van der Waals surface area contributed by atoms with Crippen LogP contribution in [0.2, 0.25) is 10.0 Å². The van der Waals surface area contributed by atoms with Crippen LogP contribution in [-0.2, 0) is 11.4 Å². The molecule has 0 fully saturated rings. The quantitative estimate of drug-likeness (QED) is 0.221. The Hall–Kier alpha value is -3.82. The summed E-state index contributed by atoms with van der Waals surface area (Å²) >= 11 is 11.8. The van der Waals surface area contributed by atoms with Gasteiger partial charge in [-0.25, -0.2) is 5.43 Å². The van der Waals surface area contributed by atoms with Crippen LogP contribution in [0.4, 0.5) is 5.69 Å². The second-order valence-electron chi connectivity index (χ2n) is 7.22. The maximum atomic E-state index is 12.0. The Morgan fingerprint density at radius 2 is 1.86 bits per heavy atom. The Morgan fingerprint density at radius 1 is 1.09 bits per heavy atom. The maximum absolute atomic E-state index is 12.0. The molecule has 0 saturated carbocycles. The monoisotopic (exact) mass is 517 g/mol. The average Bonchev–Trinajstić information content (AvgIpc) is 2.82. The van der Waals surface area contributed by atoms with Crippen molar-refractivity contribution in [3.8, 4) is 17.2 Å². The highest BCUT2D eigenvalue weighted by Gasteiger charge is 2.12. The first-order valence-electron chi connectivity index (χ1n) is 10.2. The number of methoxy groups -OCH3 is 1. The Balaban J connectivity index is 1.58. The highest BCUT2D eigenvalue weighted by atomic mass is 35.5. The van der Waals surface area contributed by atoms with Crippen LogP contribution in [-0.4, -0.2) is 30.8 Å². The number of carbonyl (C=O) groups is 1. The minimum atomic E-state index is -0.474. The molecule has 3 aromatic carbocycles. The van der Waals surface area contributed by atoms with E-state index in [-0.39, 0.29) is 18.9 Å². The topological polar surface area (TPSA) is 112 Å². The van der Waals surface area contributed by atoms with Crippen LogP contribution in [0.15, 0.2) is 59.7 Å². The Morgan fingerprint density at radius 3 is 2.54 bits per heavy atom. The zero-order valence-electron chi connectivity index (χ0n) is 18.8. The third-order valence-corrected chi connectivity index (χ3v) is 5.25. The zero-order valence-corrected chi connectivity index (χ0v) is 20.3. The van der Waals surface area contributed by atoms with E-state index in [0.717, 1.165) is 5.56 Å². The molecule has 0 spiro atoms. The molecule has 0 aliphatic heterocycles. The second-order valence-corrected chi connectivity index (χ2v) is 8.07. The summed E-state index contributed by atoms with van der Waals surface area (Å²) in [6.45, 7) is 1.52. The summed E-state index contributed by atoms with van der Waals surface area (Å²) in [7, 11) is 1.54. The maximum Gasteiger partial charge on any atom is 0.277 e. The molecule has 0 bridgehead atoms. The number of ether oxygens (including phenoxy) is 3. The van der Waals surface area contributed by atoms with Crippen LogP contribution >= 0.6 is 23.2 Å². The SMILES string of the molecule is COc1ccc(/C=N/NC(=O)COc2ccc(Cl)cc2Cl)cc1COc1ccc([N+](=O)[O-])c(C)c1. The highest BCUT2D eigenvalue weighted by Crippen LogP contribution is 2.28. The summed E-state index contributed by atoms with van der Waals surface area (Å²) in [5.41, 5.74) is 4.31. The molecule has 0 heterocycles. The molecule has 0 saturated heterocycles. The van der Waals surface area contributed by atoms with E-state index in [1.807, 2.05) is 0 Å². The van der Waals surface area contributed by atoms with Gasteiger partial charge in [-0.15, -0.1) is 0 Å². The van der Waals surface area contributed by atoms with Crippen molar-refractivity contribution >= 4 is 41.0 Å². The lowest BCUT2D eigenvalue weighted by atomic mass is 10.1. The summed E-state index contributed by atoms with van der Waals surface area (Å²) in [5, 5.41) is 15.7. The number of carbonyl (C=O) groups excluding carboxylic acids is 1. The Bertz CT molecular complexity index is 1270. The number of nitro benzene ring substituents is 1. The van der Waals surface area contributed by atoms with Crippen LogP contribution in [0.25, 0.3) is 0 Å². The fourth-order valence-corrected chi connectivity index (χ4v) is 3.48. The van der Waals surface area contributed by atoms with Crippen LogP contribution in [0.1, 0.15) is 16.7 Å². The summed E-state index contributed by atoms with van der Waals surface area (Å²) in [4.78, 5) is 22.5. The van der Waals surface area contributed by atoms with Crippen LogP contribution in [0, 0.1) is 17.0 Å². The molecule has 0 aromatic heterocycles. The van der Waals surface area contributed by atoms with Gasteiger partial charge in [0.1, 0.15) is 23.9 Å².